The molecule has 3 nitrogen and oxygen atoms in total. The van der Waals surface area contributed by atoms with Gasteiger partial charge in [0, 0.05) is 16.6 Å². The Labute approximate surface area is 122 Å². The van der Waals surface area contributed by atoms with Crippen molar-refractivity contribution >= 4 is 39.5 Å². The summed E-state index contributed by atoms with van der Waals surface area (Å²) in [5.41, 5.74) is 9.36. The van der Waals surface area contributed by atoms with Crippen LogP contribution < -0.4 is 11.1 Å². The Balaban J connectivity index is 1.87. The van der Waals surface area contributed by atoms with Crippen LogP contribution in [-0.2, 0) is 0 Å². The van der Waals surface area contributed by atoms with Crippen molar-refractivity contribution in [2.24, 2.45) is 5.73 Å². The molecule has 0 saturated carbocycles. The van der Waals surface area contributed by atoms with Crippen LogP contribution in [0.1, 0.15) is 5.56 Å². The Morgan fingerprint density at radius 1 is 1.00 bits per heavy atom. The average Bonchev–Trinajstić information content (AvgIpc) is 2.48. The number of para-hydroxylation sites is 1. The molecule has 0 spiro atoms. The zero-order chi connectivity index (χ0) is 13.9. The van der Waals surface area contributed by atoms with Gasteiger partial charge in [-0.3, -0.25) is 4.98 Å². The third kappa shape index (κ3) is 2.60. The number of rotatable bonds is 3. The second-order valence-electron chi connectivity index (χ2n) is 4.48. The Bertz CT molecular complexity index is 766. The fourth-order valence-corrected chi connectivity index (χ4v) is 2.16. The molecule has 0 fully saturated rings. The van der Waals surface area contributed by atoms with Crippen molar-refractivity contribution in [1.29, 1.82) is 0 Å². The average molecular weight is 279 g/mol. The minimum atomic E-state index is 0.406. The Hall–Kier alpha value is -2.46. The molecular weight excluding hydrogens is 266 g/mol. The standard InChI is InChI=1S/C16H13N3S/c17-16(20)11-5-7-13(8-6-11)19-14-9-12-3-1-2-4-15(12)18-10-14/h1-10,19H,(H2,17,20). The molecule has 2 aromatic carbocycles. The molecule has 0 aliphatic heterocycles. The summed E-state index contributed by atoms with van der Waals surface area (Å²) >= 11 is 4.94. The fourth-order valence-electron chi connectivity index (χ4n) is 2.02. The van der Waals surface area contributed by atoms with Gasteiger partial charge in [-0.25, -0.2) is 0 Å². The van der Waals surface area contributed by atoms with E-state index >= 15 is 0 Å². The van der Waals surface area contributed by atoms with Crippen LogP contribution in [0.25, 0.3) is 10.9 Å². The quantitative estimate of drug-likeness (QED) is 0.719. The van der Waals surface area contributed by atoms with E-state index in [0.717, 1.165) is 27.8 Å². The van der Waals surface area contributed by atoms with Gasteiger partial charge in [-0.1, -0.05) is 30.4 Å². The van der Waals surface area contributed by atoms with E-state index in [1.54, 1.807) is 0 Å². The van der Waals surface area contributed by atoms with Crippen LogP contribution in [0.2, 0.25) is 0 Å². The second-order valence-corrected chi connectivity index (χ2v) is 4.92. The number of nitrogens with two attached hydrogens (primary N) is 1. The molecule has 0 amide bonds. The van der Waals surface area contributed by atoms with E-state index in [1.165, 1.54) is 0 Å². The number of hydrogen-bond acceptors (Lipinski definition) is 3. The summed E-state index contributed by atoms with van der Waals surface area (Å²) < 4.78 is 0. The molecule has 3 rings (SSSR count). The first kappa shape index (κ1) is 12.6. The maximum atomic E-state index is 5.58. The van der Waals surface area contributed by atoms with Gasteiger partial charge in [0.1, 0.15) is 4.99 Å². The van der Waals surface area contributed by atoms with Crippen molar-refractivity contribution in [2.75, 3.05) is 5.32 Å². The maximum Gasteiger partial charge on any atom is 0.103 e. The number of pyridine rings is 1. The van der Waals surface area contributed by atoms with Crippen LogP contribution in [0.15, 0.2) is 60.8 Å². The summed E-state index contributed by atoms with van der Waals surface area (Å²) in [5.74, 6) is 0. The maximum absolute atomic E-state index is 5.58. The molecule has 3 aromatic rings. The number of hydrogen-bond donors (Lipinski definition) is 2. The smallest absolute Gasteiger partial charge is 0.103 e. The van der Waals surface area contributed by atoms with Gasteiger partial charge in [-0.2, -0.15) is 0 Å². The van der Waals surface area contributed by atoms with E-state index in [2.05, 4.69) is 16.4 Å². The highest BCUT2D eigenvalue weighted by molar-refractivity contribution is 7.80. The first-order valence-electron chi connectivity index (χ1n) is 6.24. The summed E-state index contributed by atoms with van der Waals surface area (Å²) in [6.45, 7) is 0. The van der Waals surface area contributed by atoms with Crippen molar-refractivity contribution in [1.82, 2.24) is 4.98 Å². The summed E-state index contributed by atoms with van der Waals surface area (Å²) in [4.78, 5) is 4.83. The van der Waals surface area contributed by atoms with Gasteiger partial charge in [0.2, 0.25) is 0 Å². The Morgan fingerprint density at radius 2 is 1.75 bits per heavy atom. The first-order chi connectivity index (χ1) is 9.72. The van der Waals surface area contributed by atoms with E-state index in [4.69, 9.17) is 18.0 Å². The normalized spacial score (nSPS) is 10.4. The van der Waals surface area contributed by atoms with Gasteiger partial charge < -0.3 is 11.1 Å². The third-order valence-corrected chi connectivity index (χ3v) is 3.28. The van der Waals surface area contributed by atoms with Crippen LogP contribution in [0.3, 0.4) is 0 Å². The molecule has 0 saturated heterocycles. The van der Waals surface area contributed by atoms with Gasteiger partial charge in [-0.15, -0.1) is 0 Å². The fraction of sp³-hybridized carbons (Fsp3) is 0. The van der Waals surface area contributed by atoms with E-state index in [1.807, 2.05) is 54.7 Å². The number of thiocarbonyl (C=S) groups is 1. The van der Waals surface area contributed by atoms with E-state index < -0.39 is 0 Å². The third-order valence-electron chi connectivity index (χ3n) is 3.05. The summed E-state index contributed by atoms with van der Waals surface area (Å²) in [6.07, 6.45) is 1.82. The minimum Gasteiger partial charge on any atom is -0.389 e. The van der Waals surface area contributed by atoms with Crippen LogP contribution in [0.5, 0.6) is 0 Å². The van der Waals surface area contributed by atoms with Crippen molar-refractivity contribution in [3.8, 4) is 0 Å². The number of nitrogens with zero attached hydrogens (tertiary/aromatic N) is 1. The lowest BCUT2D eigenvalue weighted by atomic mass is 10.2. The van der Waals surface area contributed by atoms with Gasteiger partial charge in [0.05, 0.1) is 17.4 Å². The zero-order valence-electron chi connectivity index (χ0n) is 10.7. The molecule has 1 heterocycles. The largest absolute Gasteiger partial charge is 0.389 e. The molecule has 0 radical (unpaired) electrons. The molecule has 0 unspecified atom stereocenters. The van der Waals surface area contributed by atoms with Crippen molar-refractivity contribution in [3.05, 3.63) is 66.4 Å². The van der Waals surface area contributed by atoms with Crippen LogP contribution >= 0.6 is 12.2 Å². The molecule has 3 N–H and O–H groups in total. The number of anilines is 2. The number of nitrogens with one attached hydrogen (secondary N) is 1. The molecule has 0 atom stereocenters. The highest BCUT2D eigenvalue weighted by atomic mass is 32.1. The monoisotopic (exact) mass is 279 g/mol. The highest BCUT2D eigenvalue weighted by Crippen LogP contribution is 2.20. The van der Waals surface area contributed by atoms with Crippen LogP contribution in [-0.4, -0.2) is 9.97 Å². The predicted molar refractivity (Wildman–Crippen MR) is 87.4 cm³/mol. The summed E-state index contributed by atoms with van der Waals surface area (Å²) in [5, 5.41) is 4.42. The van der Waals surface area contributed by atoms with Gasteiger partial charge in [-0.05, 0) is 36.4 Å². The molecule has 0 aliphatic rings. The Kier molecular flexibility index (Phi) is 3.31. The summed E-state index contributed by atoms with van der Waals surface area (Å²) in [7, 11) is 0. The van der Waals surface area contributed by atoms with Crippen molar-refractivity contribution in [3.63, 3.8) is 0 Å². The number of benzene rings is 2. The van der Waals surface area contributed by atoms with Gasteiger partial charge >= 0.3 is 0 Å². The molecule has 20 heavy (non-hydrogen) atoms. The van der Waals surface area contributed by atoms with Crippen LogP contribution in [0.4, 0.5) is 11.4 Å². The van der Waals surface area contributed by atoms with E-state index in [-0.39, 0.29) is 0 Å². The molecule has 98 valence electrons. The minimum absolute atomic E-state index is 0.406. The van der Waals surface area contributed by atoms with E-state index in [0.29, 0.717) is 4.99 Å². The van der Waals surface area contributed by atoms with E-state index in [9.17, 15) is 0 Å². The zero-order valence-corrected chi connectivity index (χ0v) is 11.5. The molecular formula is C16H13N3S. The van der Waals surface area contributed by atoms with Crippen molar-refractivity contribution < 1.29 is 0 Å². The number of fused-ring (bicyclic) bond motifs is 1. The molecule has 1 aromatic heterocycles. The van der Waals surface area contributed by atoms with Crippen molar-refractivity contribution in [2.45, 2.75) is 0 Å². The lowest BCUT2D eigenvalue weighted by Crippen LogP contribution is -2.08. The highest BCUT2D eigenvalue weighted by Gasteiger charge is 2.00. The molecule has 0 bridgehead atoms. The molecule has 0 aliphatic carbocycles. The number of aromatic nitrogens is 1. The summed E-state index contributed by atoms with van der Waals surface area (Å²) in [6, 6.07) is 17.8. The van der Waals surface area contributed by atoms with Crippen LogP contribution in [0, 0.1) is 0 Å². The first-order valence-corrected chi connectivity index (χ1v) is 6.65. The Morgan fingerprint density at radius 3 is 2.50 bits per heavy atom. The lowest BCUT2D eigenvalue weighted by Gasteiger charge is -2.08. The molecule has 4 heteroatoms. The second kappa shape index (κ2) is 5.27. The van der Waals surface area contributed by atoms with Gasteiger partial charge in [0.15, 0.2) is 0 Å². The van der Waals surface area contributed by atoms with Gasteiger partial charge in [0.25, 0.3) is 0 Å². The lowest BCUT2D eigenvalue weighted by molar-refractivity contribution is 1.39. The predicted octanol–water partition coefficient (Wildman–Crippen LogP) is 3.61. The SMILES string of the molecule is NC(=S)c1ccc(Nc2cnc3ccccc3c2)cc1. The topological polar surface area (TPSA) is 50.9 Å².